The summed E-state index contributed by atoms with van der Waals surface area (Å²) in [7, 11) is 0. The van der Waals surface area contributed by atoms with Crippen LogP contribution in [-0.4, -0.2) is 11.0 Å². The molecule has 0 saturated heterocycles. The van der Waals surface area contributed by atoms with Crippen LogP contribution in [0, 0.1) is 17.2 Å². The Labute approximate surface area is 125 Å². The van der Waals surface area contributed by atoms with Crippen LogP contribution in [0.15, 0.2) is 12.1 Å². The van der Waals surface area contributed by atoms with Crippen molar-refractivity contribution >= 4 is 11.6 Å². The molecule has 0 saturated carbocycles. The number of rotatable bonds is 3. The van der Waals surface area contributed by atoms with Crippen molar-refractivity contribution in [3.63, 3.8) is 0 Å². The molecule has 2 unspecified atom stereocenters. The smallest absolute Gasteiger partial charge is 0.224 e. The van der Waals surface area contributed by atoms with Crippen LogP contribution in [0.4, 0.5) is 10.1 Å². The van der Waals surface area contributed by atoms with Crippen LogP contribution in [0.25, 0.3) is 0 Å². The third kappa shape index (κ3) is 3.62. The predicted octanol–water partition coefficient (Wildman–Crippen LogP) is 3.82. The number of nitrogens with one attached hydrogen (secondary N) is 1. The number of aliphatic hydroxyl groups is 1. The number of hydrogen-bond donors (Lipinski definition) is 2. The van der Waals surface area contributed by atoms with Gasteiger partial charge in [-0.1, -0.05) is 27.7 Å². The van der Waals surface area contributed by atoms with E-state index in [9.17, 15) is 14.3 Å². The molecule has 116 valence electrons. The fourth-order valence-corrected chi connectivity index (χ4v) is 2.49. The molecule has 0 aliphatic carbocycles. The third-order valence-corrected chi connectivity index (χ3v) is 4.53. The minimum Gasteiger partial charge on any atom is -0.388 e. The maximum absolute atomic E-state index is 14.2. The molecule has 0 radical (unpaired) electrons. The van der Waals surface area contributed by atoms with Gasteiger partial charge in [-0.3, -0.25) is 4.79 Å². The zero-order chi connectivity index (χ0) is 15.8. The molecule has 2 N–H and O–H groups in total. The lowest BCUT2D eigenvalue weighted by atomic mass is 9.78. The van der Waals surface area contributed by atoms with Crippen molar-refractivity contribution in [1.82, 2.24) is 0 Å². The summed E-state index contributed by atoms with van der Waals surface area (Å²) in [4.78, 5) is 11.3. The highest BCUT2D eigenvalue weighted by atomic mass is 19.1. The fourth-order valence-electron chi connectivity index (χ4n) is 2.49. The largest absolute Gasteiger partial charge is 0.388 e. The van der Waals surface area contributed by atoms with Gasteiger partial charge in [0.1, 0.15) is 5.82 Å². The highest BCUT2D eigenvalue weighted by molar-refractivity contribution is 5.93. The summed E-state index contributed by atoms with van der Waals surface area (Å²) in [5.41, 5.74) is 1.83. The van der Waals surface area contributed by atoms with E-state index in [1.165, 1.54) is 6.07 Å². The first-order valence-corrected chi connectivity index (χ1v) is 7.48. The van der Waals surface area contributed by atoms with Crippen molar-refractivity contribution in [1.29, 1.82) is 0 Å². The number of aryl methyl sites for hydroxylation is 1. The zero-order valence-electron chi connectivity index (χ0n) is 13.2. The van der Waals surface area contributed by atoms with Gasteiger partial charge in [0.15, 0.2) is 0 Å². The van der Waals surface area contributed by atoms with Gasteiger partial charge in [0, 0.05) is 17.7 Å². The van der Waals surface area contributed by atoms with E-state index in [4.69, 9.17) is 0 Å². The van der Waals surface area contributed by atoms with Crippen molar-refractivity contribution in [2.45, 2.75) is 53.1 Å². The average Bonchev–Trinajstić information content (AvgIpc) is 2.36. The van der Waals surface area contributed by atoms with E-state index in [2.05, 4.69) is 33.0 Å². The molecular weight excluding hydrogens is 269 g/mol. The molecule has 0 aromatic heterocycles. The van der Waals surface area contributed by atoms with Crippen molar-refractivity contribution in [3.8, 4) is 0 Å². The minimum atomic E-state index is -0.817. The number of carbonyl (C=O) groups is 1. The summed E-state index contributed by atoms with van der Waals surface area (Å²) in [6, 6.07) is 3.02. The second kappa shape index (κ2) is 5.76. The quantitative estimate of drug-likeness (QED) is 0.890. The average molecular weight is 293 g/mol. The van der Waals surface area contributed by atoms with Crippen LogP contribution in [0.2, 0.25) is 0 Å². The molecule has 1 aliphatic rings. The summed E-state index contributed by atoms with van der Waals surface area (Å²) in [6.45, 7) is 8.41. The third-order valence-electron chi connectivity index (χ3n) is 4.53. The molecule has 0 bridgehead atoms. The van der Waals surface area contributed by atoms with Crippen molar-refractivity contribution in [2.24, 2.45) is 11.3 Å². The van der Waals surface area contributed by atoms with Crippen LogP contribution in [0.5, 0.6) is 0 Å². The second-order valence-corrected chi connectivity index (χ2v) is 7.10. The molecular formula is C17H24FNO2. The first-order valence-electron chi connectivity index (χ1n) is 7.48. The molecule has 1 amide bonds. The van der Waals surface area contributed by atoms with Gasteiger partial charge in [0.25, 0.3) is 0 Å². The molecule has 1 aromatic carbocycles. The molecule has 0 spiro atoms. The molecule has 3 nitrogen and oxygen atoms in total. The summed E-state index contributed by atoms with van der Waals surface area (Å²) >= 11 is 0. The highest BCUT2D eigenvalue weighted by Crippen LogP contribution is 2.35. The van der Waals surface area contributed by atoms with Gasteiger partial charge in [-0.15, -0.1) is 0 Å². The van der Waals surface area contributed by atoms with Crippen molar-refractivity contribution < 1.29 is 14.3 Å². The van der Waals surface area contributed by atoms with E-state index in [1.54, 1.807) is 6.07 Å². The lowest BCUT2D eigenvalue weighted by molar-refractivity contribution is -0.116. The molecule has 2 rings (SSSR count). The number of aliphatic hydroxyl groups excluding tert-OH is 1. The maximum Gasteiger partial charge on any atom is 0.224 e. The Balaban J connectivity index is 2.22. The molecule has 4 heteroatoms. The van der Waals surface area contributed by atoms with E-state index in [0.29, 0.717) is 30.5 Å². The summed E-state index contributed by atoms with van der Waals surface area (Å²) in [5, 5.41) is 13.0. The Bertz CT molecular complexity index is 548. The van der Waals surface area contributed by atoms with Gasteiger partial charge >= 0.3 is 0 Å². The van der Waals surface area contributed by atoms with Gasteiger partial charge in [0.2, 0.25) is 5.91 Å². The van der Waals surface area contributed by atoms with Gasteiger partial charge in [-0.25, -0.2) is 4.39 Å². The topological polar surface area (TPSA) is 49.3 Å². The molecule has 2 atom stereocenters. The zero-order valence-corrected chi connectivity index (χ0v) is 13.2. The van der Waals surface area contributed by atoms with Crippen LogP contribution in [0.1, 0.15) is 57.8 Å². The molecule has 0 fully saturated rings. The van der Waals surface area contributed by atoms with Crippen molar-refractivity contribution in [2.75, 3.05) is 5.32 Å². The SMILES string of the molecule is CC(CC(O)c1cc2c(cc1F)NC(=O)CC2)C(C)(C)C. The number of carbonyl (C=O) groups excluding carboxylic acids is 1. The maximum atomic E-state index is 14.2. The van der Waals surface area contributed by atoms with Gasteiger partial charge < -0.3 is 10.4 Å². The normalized spacial score (nSPS) is 17.9. The summed E-state index contributed by atoms with van der Waals surface area (Å²) in [5.74, 6) is -0.274. The van der Waals surface area contributed by atoms with Crippen molar-refractivity contribution in [3.05, 3.63) is 29.1 Å². The summed E-state index contributed by atoms with van der Waals surface area (Å²) < 4.78 is 14.2. The lowest BCUT2D eigenvalue weighted by Crippen LogP contribution is -2.22. The van der Waals surface area contributed by atoms with E-state index in [1.807, 2.05) is 0 Å². The number of hydrogen-bond acceptors (Lipinski definition) is 2. The monoisotopic (exact) mass is 293 g/mol. The Kier molecular flexibility index (Phi) is 4.38. The highest BCUT2D eigenvalue weighted by Gasteiger charge is 2.26. The molecule has 1 aliphatic heterocycles. The Hall–Kier alpha value is -1.42. The van der Waals surface area contributed by atoms with E-state index >= 15 is 0 Å². The first kappa shape index (κ1) is 16.0. The molecule has 21 heavy (non-hydrogen) atoms. The number of fused-ring (bicyclic) bond motifs is 1. The Morgan fingerprint density at radius 3 is 2.62 bits per heavy atom. The van der Waals surface area contributed by atoms with Gasteiger partial charge in [-0.05, 0) is 41.9 Å². The predicted molar refractivity (Wildman–Crippen MR) is 81.5 cm³/mol. The fraction of sp³-hybridized carbons (Fsp3) is 0.588. The minimum absolute atomic E-state index is 0.0691. The van der Waals surface area contributed by atoms with E-state index in [-0.39, 0.29) is 17.2 Å². The van der Waals surface area contributed by atoms with Crippen LogP contribution in [-0.2, 0) is 11.2 Å². The van der Waals surface area contributed by atoms with Gasteiger partial charge in [0.05, 0.1) is 6.10 Å². The number of halogens is 1. The van der Waals surface area contributed by atoms with Gasteiger partial charge in [-0.2, -0.15) is 0 Å². The number of amides is 1. The number of benzene rings is 1. The second-order valence-electron chi connectivity index (χ2n) is 7.10. The first-order chi connectivity index (χ1) is 9.68. The van der Waals surface area contributed by atoms with E-state index < -0.39 is 11.9 Å². The molecule has 1 aromatic rings. The van der Waals surface area contributed by atoms with E-state index in [0.717, 1.165) is 5.56 Å². The van der Waals surface area contributed by atoms with Crippen LogP contribution in [0.3, 0.4) is 0 Å². The molecule has 1 heterocycles. The lowest BCUT2D eigenvalue weighted by Gasteiger charge is -2.29. The van der Waals surface area contributed by atoms with Crippen LogP contribution < -0.4 is 5.32 Å². The summed E-state index contributed by atoms with van der Waals surface area (Å²) in [6.07, 6.45) is 0.704. The number of anilines is 1. The van der Waals surface area contributed by atoms with Crippen LogP contribution >= 0.6 is 0 Å². The Morgan fingerprint density at radius 1 is 1.33 bits per heavy atom. The Morgan fingerprint density at radius 2 is 2.00 bits per heavy atom. The standard InChI is InChI=1S/C17H24FNO2/c1-10(17(2,3)4)7-15(20)12-8-11-5-6-16(21)19-14(11)9-13(12)18/h8-10,15,20H,5-7H2,1-4H3,(H,19,21).